The molecule has 41 heavy (non-hydrogen) atoms. The van der Waals surface area contributed by atoms with Gasteiger partial charge in [0.15, 0.2) is 11.0 Å². The molecule has 0 saturated heterocycles. The van der Waals surface area contributed by atoms with E-state index in [1.807, 2.05) is 0 Å². The smallest absolute Gasteiger partial charge is 0.418 e. The molecule has 0 spiro atoms. The van der Waals surface area contributed by atoms with Crippen molar-refractivity contribution in [1.29, 1.82) is 0 Å². The van der Waals surface area contributed by atoms with Crippen LogP contribution in [0.1, 0.15) is 21.7 Å². The molecule has 0 radical (unpaired) electrons. The summed E-state index contributed by atoms with van der Waals surface area (Å²) in [5.41, 5.74) is -0.452. The Balaban J connectivity index is 1.53. The number of carbonyl (C=O) groups excluding carboxylic acids is 2. The van der Waals surface area contributed by atoms with Crippen LogP contribution in [0, 0.1) is 0 Å². The Hall–Kier alpha value is -4.23. The number of nitrogens with zero attached hydrogens (tertiary/aromatic N) is 3. The van der Waals surface area contributed by atoms with Gasteiger partial charge >= 0.3 is 6.18 Å². The van der Waals surface area contributed by atoms with Crippen LogP contribution >= 0.6 is 23.4 Å². The number of halogens is 4. The van der Waals surface area contributed by atoms with Crippen LogP contribution in [0.25, 0.3) is 5.69 Å². The first-order valence-electron chi connectivity index (χ1n) is 11.9. The molecule has 0 aliphatic carbocycles. The summed E-state index contributed by atoms with van der Waals surface area (Å²) < 4.78 is 52.0. The molecule has 0 atom stereocenters. The van der Waals surface area contributed by atoms with Crippen LogP contribution in [0.4, 0.5) is 18.9 Å². The number of alkyl halides is 3. The Labute approximate surface area is 242 Å². The second kappa shape index (κ2) is 13.0. The summed E-state index contributed by atoms with van der Waals surface area (Å²) in [5.74, 6) is -0.173. The summed E-state index contributed by atoms with van der Waals surface area (Å²) in [7, 11) is 2.94. The topological polar surface area (TPSA) is 107 Å². The molecule has 2 amide bonds. The Bertz CT molecular complexity index is 1540. The number of methoxy groups -OCH3 is 2. The van der Waals surface area contributed by atoms with Gasteiger partial charge in [-0.1, -0.05) is 41.6 Å². The average molecular weight is 606 g/mol. The summed E-state index contributed by atoms with van der Waals surface area (Å²) in [6.07, 6.45) is -4.63. The number of ether oxygens (including phenoxy) is 2. The van der Waals surface area contributed by atoms with Crippen molar-refractivity contribution >= 4 is 40.9 Å². The van der Waals surface area contributed by atoms with E-state index in [2.05, 4.69) is 20.8 Å². The maximum Gasteiger partial charge on any atom is 0.418 e. The number of thioether (sulfide) groups is 1. The molecule has 0 fully saturated rings. The maximum absolute atomic E-state index is 13.3. The third kappa shape index (κ3) is 7.50. The van der Waals surface area contributed by atoms with Gasteiger partial charge in [-0.3, -0.25) is 14.2 Å². The van der Waals surface area contributed by atoms with E-state index in [1.54, 1.807) is 47.0 Å². The van der Waals surface area contributed by atoms with Crippen molar-refractivity contribution in [1.82, 2.24) is 20.1 Å². The maximum atomic E-state index is 13.3. The lowest BCUT2D eigenvalue weighted by Gasteiger charge is -2.14. The lowest BCUT2D eigenvalue weighted by atomic mass is 10.1. The number of hydrogen-bond acceptors (Lipinski definition) is 7. The first-order valence-corrected chi connectivity index (χ1v) is 13.3. The van der Waals surface area contributed by atoms with E-state index < -0.39 is 23.6 Å². The van der Waals surface area contributed by atoms with Crippen LogP contribution in [0.3, 0.4) is 0 Å². The predicted molar refractivity (Wildman–Crippen MR) is 148 cm³/mol. The van der Waals surface area contributed by atoms with E-state index >= 15 is 0 Å². The molecule has 2 N–H and O–H groups in total. The normalized spacial score (nSPS) is 11.2. The number of benzene rings is 3. The number of rotatable bonds is 10. The molecule has 214 valence electrons. The minimum Gasteiger partial charge on any atom is -0.497 e. The molecular weight excluding hydrogens is 583 g/mol. The second-order valence-electron chi connectivity index (χ2n) is 8.38. The van der Waals surface area contributed by atoms with Gasteiger partial charge in [0, 0.05) is 16.7 Å². The Morgan fingerprint density at radius 1 is 0.976 bits per heavy atom. The fourth-order valence-corrected chi connectivity index (χ4v) is 4.69. The molecule has 0 aliphatic rings. The standard InChI is InChI=1S/C27H23ClF3N5O4S/c1-39-19-10-16(11-20(13-19)40-2)25(38)32-14-23-34-35-26(36(23)18-7-5-6-17(28)12-18)41-15-24(37)33-22-9-4-3-8-21(22)27(29,30)31/h3-13H,14-15H2,1-2H3,(H,32,38)(H,33,37). The monoisotopic (exact) mass is 605 g/mol. The number of para-hydroxylation sites is 1. The van der Waals surface area contributed by atoms with Crippen LogP contribution in [0.15, 0.2) is 71.9 Å². The van der Waals surface area contributed by atoms with Gasteiger partial charge in [0.25, 0.3) is 5.91 Å². The van der Waals surface area contributed by atoms with E-state index in [1.165, 1.54) is 32.4 Å². The quantitative estimate of drug-likeness (QED) is 0.226. The highest BCUT2D eigenvalue weighted by atomic mass is 35.5. The average Bonchev–Trinajstić information content (AvgIpc) is 3.37. The molecule has 4 rings (SSSR count). The van der Waals surface area contributed by atoms with Crippen molar-refractivity contribution in [2.75, 3.05) is 25.3 Å². The zero-order valence-electron chi connectivity index (χ0n) is 21.7. The van der Waals surface area contributed by atoms with Crippen LogP contribution in [0.5, 0.6) is 11.5 Å². The largest absolute Gasteiger partial charge is 0.497 e. The van der Waals surface area contributed by atoms with Gasteiger partial charge in [0.05, 0.1) is 43.5 Å². The fraction of sp³-hybridized carbons (Fsp3) is 0.185. The minimum atomic E-state index is -4.63. The number of carbonyl (C=O) groups is 2. The first-order chi connectivity index (χ1) is 19.6. The van der Waals surface area contributed by atoms with Crippen molar-refractivity contribution in [3.8, 4) is 17.2 Å². The summed E-state index contributed by atoms with van der Waals surface area (Å²) >= 11 is 7.15. The van der Waals surface area contributed by atoms with E-state index in [0.29, 0.717) is 33.6 Å². The lowest BCUT2D eigenvalue weighted by molar-refractivity contribution is -0.137. The summed E-state index contributed by atoms with van der Waals surface area (Å²) in [6.45, 7) is -0.0520. The zero-order valence-corrected chi connectivity index (χ0v) is 23.2. The highest BCUT2D eigenvalue weighted by Crippen LogP contribution is 2.35. The first kappa shape index (κ1) is 29.7. The van der Waals surface area contributed by atoms with Gasteiger partial charge in [0.1, 0.15) is 11.5 Å². The molecule has 4 aromatic rings. The van der Waals surface area contributed by atoms with Gasteiger partial charge in [-0.2, -0.15) is 13.2 Å². The second-order valence-corrected chi connectivity index (χ2v) is 9.76. The number of hydrogen-bond donors (Lipinski definition) is 2. The third-order valence-corrected chi connectivity index (χ3v) is 6.79. The Kier molecular flexibility index (Phi) is 9.40. The molecule has 0 aliphatic heterocycles. The van der Waals surface area contributed by atoms with Gasteiger partial charge in [-0.15, -0.1) is 10.2 Å². The summed E-state index contributed by atoms with van der Waals surface area (Å²) in [5, 5.41) is 14.1. The number of aromatic nitrogens is 3. The molecule has 3 aromatic carbocycles. The van der Waals surface area contributed by atoms with E-state index in [9.17, 15) is 22.8 Å². The predicted octanol–water partition coefficient (Wildman–Crippen LogP) is 5.62. The van der Waals surface area contributed by atoms with Crippen LogP contribution in [-0.2, 0) is 17.5 Å². The molecular formula is C27H23ClF3N5O4S. The summed E-state index contributed by atoms with van der Waals surface area (Å²) in [6, 6.07) is 16.2. The lowest BCUT2D eigenvalue weighted by Crippen LogP contribution is -2.24. The molecule has 9 nitrogen and oxygen atoms in total. The number of anilines is 1. The van der Waals surface area contributed by atoms with Crippen molar-refractivity contribution in [3.63, 3.8) is 0 Å². The third-order valence-electron chi connectivity index (χ3n) is 5.63. The van der Waals surface area contributed by atoms with Crippen LogP contribution in [0.2, 0.25) is 5.02 Å². The highest BCUT2D eigenvalue weighted by molar-refractivity contribution is 7.99. The van der Waals surface area contributed by atoms with Gasteiger partial charge in [0.2, 0.25) is 5.91 Å². The number of amides is 2. The number of nitrogens with one attached hydrogen (secondary N) is 2. The Morgan fingerprint density at radius 3 is 2.34 bits per heavy atom. The SMILES string of the molecule is COc1cc(OC)cc(C(=O)NCc2nnc(SCC(=O)Nc3ccccc3C(F)(F)F)n2-c2cccc(Cl)c2)c1. The summed E-state index contributed by atoms with van der Waals surface area (Å²) in [4.78, 5) is 25.5. The molecule has 0 unspecified atom stereocenters. The van der Waals surface area contributed by atoms with Crippen LogP contribution in [-0.4, -0.2) is 46.6 Å². The fourth-order valence-electron chi connectivity index (χ4n) is 3.74. The van der Waals surface area contributed by atoms with Crippen molar-refractivity contribution in [2.24, 2.45) is 0 Å². The van der Waals surface area contributed by atoms with Crippen molar-refractivity contribution in [3.05, 3.63) is 88.7 Å². The van der Waals surface area contributed by atoms with Gasteiger partial charge in [-0.05, 0) is 42.5 Å². The van der Waals surface area contributed by atoms with Gasteiger partial charge in [-0.25, -0.2) is 0 Å². The van der Waals surface area contributed by atoms with Crippen LogP contribution < -0.4 is 20.1 Å². The van der Waals surface area contributed by atoms with Crippen molar-refractivity contribution < 1.29 is 32.2 Å². The molecule has 1 aromatic heterocycles. The van der Waals surface area contributed by atoms with E-state index in [4.69, 9.17) is 21.1 Å². The molecule has 0 bridgehead atoms. The molecule has 0 saturated carbocycles. The van der Waals surface area contributed by atoms with E-state index in [0.717, 1.165) is 17.8 Å². The highest BCUT2D eigenvalue weighted by Gasteiger charge is 2.33. The van der Waals surface area contributed by atoms with Gasteiger partial charge < -0.3 is 20.1 Å². The Morgan fingerprint density at radius 2 is 1.68 bits per heavy atom. The van der Waals surface area contributed by atoms with Crippen molar-refractivity contribution in [2.45, 2.75) is 17.9 Å². The molecule has 14 heteroatoms. The zero-order chi connectivity index (χ0) is 29.6. The van der Waals surface area contributed by atoms with E-state index in [-0.39, 0.29) is 23.1 Å². The minimum absolute atomic E-state index is 0.0520. The molecule has 1 heterocycles.